The molecule has 2 rings (SSSR count). The third kappa shape index (κ3) is 3.29. The van der Waals surface area contributed by atoms with Gasteiger partial charge in [-0.25, -0.2) is 0 Å². The minimum atomic E-state index is -0.431. The van der Waals surface area contributed by atoms with Crippen molar-refractivity contribution in [3.63, 3.8) is 0 Å². The zero-order valence-corrected chi connectivity index (χ0v) is 12.3. The van der Waals surface area contributed by atoms with Gasteiger partial charge in [0.1, 0.15) is 0 Å². The van der Waals surface area contributed by atoms with Gasteiger partial charge in [0.15, 0.2) is 0 Å². The number of benzene rings is 1. The molecule has 2 N–H and O–H groups in total. The Balaban J connectivity index is 2.18. The molecule has 0 radical (unpaired) electrons. The summed E-state index contributed by atoms with van der Waals surface area (Å²) in [4.78, 5) is 22.6. The average molecular weight is 295 g/mol. The van der Waals surface area contributed by atoms with Crippen LogP contribution in [0.15, 0.2) is 12.1 Å². The number of nitrogens with zero attached hydrogens (tertiary/aromatic N) is 1. The average Bonchev–Trinajstić information content (AvgIpc) is 2.42. The van der Waals surface area contributed by atoms with Gasteiger partial charge in [0, 0.05) is 29.7 Å². The first kappa shape index (κ1) is 14.8. The minimum Gasteiger partial charge on any atom is -0.324 e. The Bertz CT molecular complexity index is 542. The van der Waals surface area contributed by atoms with Gasteiger partial charge in [-0.3, -0.25) is 14.9 Å². The molecule has 1 heterocycles. The second-order valence-corrected chi connectivity index (χ2v) is 5.93. The van der Waals surface area contributed by atoms with E-state index in [0.29, 0.717) is 11.3 Å². The Kier molecular flexibility index (Phi) is 4.61. The molecule has 0 bridgehead atoms. The first-order chi connectivity index (χ1) is 9.49. The van der Waals surface area contributed by atoms with Crippen LogP contribution in [0.25, 0.3) is 0 Å². The Morgan fingerprint density at radius 2 is 2.20 bits per heavy atom. The topological polar surface area (TPSA) is 84.3 Å². The van der Waals surface area contributed by atoms with Crippen LogP contribution in [-0.2, 0) is 4.79 Å². The van der Waals surface area contributed by atoms with Crippen LogP contribution in [0.5, 0.6) is 0 Å². The number of anilines is 1. The minimum absolute atomic E-state index is 0.0249. The summed E-state index contributed by atoms with van der Waals surface area (Å²) in [5.41, 5.74) is 1.95. The van der Waals surface area contributed by atoms with Gasteiger partial charge >= 0.3 is 0 Å². The van der Waals surface area contributed by atoms with E-state index < -0.39 is 4.92 Å². The van der Waals surface area contributed by atoms with Gasteiger partial charge in [-0.2, -0.15) is 11.8 Å². The van der Waals surface area contributed by atoms with E-state index in [1.807, 2.05) is 6.92 Å². The summed E-state index contributed by atoms with van der Waals surface area (Å²) in [7, 11) is 0. The standard InChI is InChI=1S/C13H17N3O3S/c1-8-5-9(2)12(16(18)19)6-10(8)15-13(17)11-7-20-4-3-14-11/h5-6,11,14H,3-4,7H2,1-2H3,(H,15,17). The number of carbonyl (C=O) groups is 1. The maximum atomic E-state index is 12.1. The molecule has 0 spiro atoms. The van der Waals surface area contributed by atoms with Crippen LogP contribution in [-0.4, -0.2) is 34.9 Å². The smallest absolute Gasteiger partial charge is 0.274 e. The van der Waals surface area contributed by atoms with E-state index in [2.05, 4.69) is 10.6 Å². The van der Waals surface area contributed by atoms with Crippen molar-refractivity contribution in [2.45, 2.75) is 19.9 Å². The molecular weight excluding hydrogens is 278 g/mol. The SMILES string of the molecule is Cc1cc(C)c([N+](=O)[O-])cc1NC(=O)C1CSCCN1. The highest BCUT2D eigenvalue weighted by atomic mass is 32.2. The zero-order valence-electron chi connectivity index (χ0n) is 11.4. The van der Waals surface area contributed by atoms with Gasteiger partial charge in [-0.15, -0.1) is 0 Å². The molecule has 1 aromatic carbocycles. The number of aryl methyl sites for hydroxylation is 2. The largest absolute Gasteiger partial charge is 0.324 e. The van der Waals surface area contributed by atoms with Gasteiger partial charge in [0.25, 0.3) is 5.69 Å². The molecule has 7 heteroatoms. The summed E-state index contributed by atoms with van der Waals surface area (Å²) in [6, 6.07) is 2.91. The monoisotopic (exact) mass is 295 g/mol. The van der Waals surface area contributed by atoms with E-state index in [-0.39, 0.29) is 17.6 Å². The van der Waals surface area contributed by atoms with Gasteiger partial charge in [0.2, 0.25) is 5.91 Å². The lowest BCUT2D eigenvalue weighted by Crippen LogP contribution is -2.46. The van der Waals surface area contributed by atoms with Gasteiger partial charge < -0.3 is 10.6 Å². The highest BCUT2D eigenvalue weighted by Gasteiger charge is 2.22. The number of rotatable bonds is 3. The molecule has 1 aromatic rings. The van der Waals surface area contributed by atoms with Crippen molar-refractivity contribution < 1.29 is 9.72 Å². The molecule has 1 saturated heterocycles. The number of thioether (sulfide) groups is 1. The molecule has 0 aromatic heterocycles. The number of amides is 1. The summed E-state index contributed by atoms with van der Waals surface area (Å²) < 4.78 is 0. The number of hydrogen-bond donors (Lipinski definition) is 2. The Hall–Kier alpha value is -1.60. The summed E-state index contributed by atoms with van der Waals surface area (Å²) in [6.07, 6.45) is 0. The number of hydrogen-bond acceptors (Lipinski definition) is 5. The molecule has 0 aliphatic carbocycles. The van der Waals surface area contributed by atoms with E-state index in [0.717, 1.165) is 23.6 Å². The molecule has 1 aliphatic heterocycles. The highest BCUT2D eigenvalue weighted by Crippen LogP contribution is 2.26. The van der Waals surface area contributed by atoms with E-state index >= 15 is 0 Å². The Labute approximate surface area is 121 Å². The molecule has 20 heavy (non-hydrogen) atoms. The van der Waals surface area contributed by atoms with Crippen molar-refractivity contribution in [3.05, 3.63) is 33.4 Å². The van der Waals surface area contributed by atoms with Gasteiger partial charge in [-0.1, -0.05) is 0 Å². The predicted octanol–water partition coefficient (Wildman–Crippen LogP) is 1.86. The van der Waals surface area contributed by atoms with Crippen LogP contribution in [0.2, 0.25) is 0 Å². The lowest BCUT2D eigenvalue weighted by molar-refractivity contribution is -0.385. The van der Waals surface area contributed by atoms with Gasteiger partial charge in [-0.05, 0) is 25.5 Å². The van der Waals surface area contributed by atoms with E-state index in [1.54, 1.807) is 24.8 Å². The summed E-state index contributed by atoms with van der Waals surface area (Å²) in [6.45, 7) is 4.32. The normalized spacial score (nSPS) is 18.6. The molecule has 6 nitrogen and oxygen atoms in total. The summed E-state index contributed by atoms with van der Waals surface area (Å²) in [5.74, 6) is 1.58. The van der Waals surface area contributed by atoms with Crippen LogP contribution in [0.4, 0.5) is 11.4 Å². The second-order valence-electron chi connectivity index (χ2n) is 4.78. The fraction of sp³-hybridized carbons (Fsp3) is 0.462. The predicted molar refractivity (Wildman–Crippen MR) is 80.3 cm³/mol. The van der Waals surface area contributed by atoms with Crippen molar-refractivity contribution in [1.29, 1.82) is 0 Å². The lowest BCUT2D eigenvalue weighted by atomic mass is 10.1. The molecule has 1 fully saturated rings. The van der Waals surface area contributed by atoms with Crippen LogP contribution >= 0.6 is 11.8 Å². The molecule has 1 amide bonds. The maximum Gasteiger partial charge on any atom is 0.274 e. The molecule has 108 valence electrons. The lowest BCUT2D eigenvalue weighted by Gasteiger charge is -2.22. The van der Waals surface area contributed by atoms with E-state index in [9.17, 15) is 14.9 Å². The molecule has 1 aliphatic rings. The molecular formula is C13H17N3O3S. The number of nitro groups is 1. The Morgan fingerprint density at radius 3 is 2.80 bits per heavy atom. The van der Waals surface area contributed by atoms with Crippen molar-refractivity contribution in [3.8, 4) is 0 Å². The number of nitro benzene ring substituents is 1. The molecule has 1 atom stereocenters. The third-order valence-corrected chi connectivity index (χ3v) is 4.30. The van der Waals surface area contributed by atoms with Crippen LogP contribution < -0.4 is 10.6 Å². The first-order valence-corrected chi connectivity index (χ1v) is 7.52. The van der Waals surface area contributed by atoms with E-state index in [1.165, 1.54) is 6.07 Å². The van der Waals surface area contributed by atoms with Crippen LogP contribution in [0, 0.1) is 24.0 Å². The van der Waals surface area contributed by atoms with Crippen LogP contribution in [0.1, 0.15) is 11.1 Å². The van der Waals surface area contributed by atoms with Crippen molar-refractivity contribution in [1.82, 2.24) is 5.32 Å². The van der Waals surface area contributed by atoms with Crippen molar-refractivity contribution in [2.75, 3.05) is 23.4 Å². The second kappa shape index (κ2) is 6.23. The number of nitrogens with one attached hydrogen (secondary N) is 2. The zero-order chi connectivity index (χ0) is 14.7. The molecule has 0 saturated carbocycles. The quantitative estimate of drug-likeness (QED) is 0.657. The van der Waals surface area contributed by atoms with E-state index in [4.69, 9.17) is 0 Å². The fourth-order valence-electron chi connectivity index (χ4n) is 2.13. The molecule has 1 unspecified atom stereocenters. The van der Waals surface area contributed by atoms with Crippen molar-refractivity contribution >= 4 is 29.0 Å². The van der Waals surface area contributed by atoms with Crippen LogP contribution in [0.3, 0.4) is 0 Å². The van der Waals surface area contributed by atoms with Gasteiger partial charge in [0.05, 0.1) is 16.7 Å². The maximum absolute atomic E-state index is 12.1. The third-order valence-electron chi connectivity index (χ3n) is 3.24. The fourth-order valence-corrected chi connectivity index (χ4v) is 3.06. The number of carbonyl (C=O) groups excluding carboxylic acids is 1. The summed E-state index contributed by atoms with van der Waals surface area (Å²) in [5, 5.41) is 16.9. The summed E-state index contributed by atoms with van der Waals surface area (Å²) >= 11 is 1.73. The highest BCUT2D eigenvalue weighted by molar-refractivity contribution is 7.99. The van der Waals surface area contributed by atoms with Crippen molar-refractivity contribution in [2.24, 2.45) is 0 Å². The Morgan fingerprint density at radius 1 is 1.45 bits per heavy atom. The first-order valence-electron chi connectivity index (χ1n) is 6.36.